The largest absolute Gasteiger partial charge is 0.481 e. The second-order valence-corrected chi connectivity index (χ2v) is 18.2. The number of H-pyrrole nitrogens is 1. The lowest BCUT2D eigenvalue weighted by atomic mass is 10.0. The summed E-state index contributed by atoms with van der Waals surface area (Å²) in [5.41, 5.74) is 17.4. The van der Waals surface area contributed by atoms with Gasteiger partial charge in [0.1, 0.15) is 30.2 Å². The van der Waals surface area contributed by atoms with Crippen molar-refractivity contribution in [2.24, 2.45) is 22.2 Å². The Kier molecular flexibility index (Phi) is 23.6. The quantitative estimate of drug-likeness (QED) is 0.0126. The molecule has 0 bridgehead atoms. The average Bonchev–Trinajstić information content (AvgIpc) is 3.94. The predicted molar refractivity (Wildman–Crippen MR) is 252 cm³/mol. The number of carboxylic acids is 2. The Labute approximate surface area is 398 Å². The Hall–Kier alpha value is -6.22. The van der Waals surface area contributed by atoms with Crippen LogP contribution in [0, 0.1) is 0 Å². The number of thiol groups is 1. The fourth-order valence-corrected chi connectivity index (χ4v) is 8.96. The lowest BCUT2D eigenvalue weighted by Crippen LogP contribution is -2.59. The van der Waals surface area contributed by atoms with E-state index in [0.717, 1.165) is 10.9 Å². The number of hydrogen-bond acceptors (Lipinski definition) is 14. The topological polar surface area (TPSA) is 393 Å². The van der Waals surface area contributed by atoms with Gasteiger partial charge in [0, 0.05) is 60.3 Å². The van der Waals surface area contributed by atoms with E-state index in [0.29, 0.717) is 36.3 Å². The molecule has 15 N–H and O–H groups in total. The van der Waals surface area contributed by atoms with Crippen molar-refractivity contribution in [3.63, 3.8) is 0 Å². The van der Waals surface area contributed by atoms with Crippen LogP contribution in [-0.2, 0) is 54.4 Å². The maximum absolute atomic E-state index is 14.3. The number of fused-ring (bicyclic) bond motifs is 1. The first-order valence-corrected chi connectivity index (χ1v) is 24.2. The van der Waals surface area contributed by atoms with Crippen molar-refractivity contribution in [3.05, 3.63) is 36.0 Å². The molecule has 1 aromatic heterocycles. The van der Waals surface area contributed by atoms with E-state index >= 15 is 0 Å². The van der Waals surface area contributed by atoms with Crippen molar-refractivity contribution < 1.29 is 58.2 Å². The number of benzene rings is 1. The normalized spacial score (nSPS) is 14.9. The summed E-state index contributed by atoms with van der Waals surface area (Å²) in [6.07, 6.45) is 2.01. The number of nitrogens with zero attached hydrogens (tertiary/aromatic N) is 2. The van der Waals surface area contributed by atoms with Crippen LogP contribution in [0.15, 0.2) is 35.5 Å². The van der Waals surface area contributed by atoms with Crippen LogP contribution in [0.4, 0.5) is 0 Å². The highest BCUT2D eigenvalue weighted by Gasteiger charge is 2.40. The van der Waals surface area contributed by atoms with Gasteiger partial charge in [-0.2, -0.15) is 12.6 Å². The molecular formula is C40H58N12O12S3. The fraction of sp³-hybridized carbons (Fsp3) is 0.525. The smallest absolute Gasteiger partial charge is 0.305 e. The summed E-state index contributed by atoms with van der Waals surface area (Å²) >= 11 is 4.06. The van der Waals surface area contributed by atoms with Crippen molar-refractivity contribution in [1.82, 2.24) is 41.8 Å². The SMILES string of the molecule is NC(=O)[C@H](CS)NC(=O)[C@@H]1CCCN1C(=O)[C@H](Cc1c[nH]c2ccccc12)NC(=O)[C@H](CC(=O)O)NC(=O)CNC(=O)[C@H](CCCCN=C(N)N)NC(=O)CNC(=O)CCSSCCC(=O)O. The molecular weight excluding hydrogens is 937 g/mol. The summed E-state index contributed by atoms with van der Waals surface area (Å²) < 4.78 is 0. The molecule has 1 aromatic carbocycles. The Balaban J connectivity index is 1.71. The van der Waals surface area contributed by atoms with Gasteiger partial charge in [-0.3, -0.25) is 52.9 Å². The van der Waals surface area contributed by atoms with E-state index in [1.54, 1.807) is 30.5 Å². The fourth-order valence-electron chi connectivity index (χ4n) is 6.72. The summed E-state index contributed by atoms with van der Waals surface area (Å²) in [5, 5.41) is 33.9. The van der Waals surface area contributed by atoms with Gasteiger partial charge in [-0.05, 0) is 43.7 Å². The second kappa shape index (κ2) is 28.7. The molecule has 3 rings (SSSR count). The number of guanidine groups is 1. The van der Waals surface area contributed by atoms with E-state index in [-0.39, 0.29) is 56.9 Å². The zero-order chi connectivity index (χ0) is 49.5. The standard InChI is InChI=1S/C40H58N12O12S3/c41-35(60)28(21-65)51-38(63)29-9-5-13-52(29)39(64)27(16-22-18-45-24-7-2-1-6-23(22)24)50-37(62)26(17-34(58)59)49-32(55)20-47-36(61)25(8-3-4-12-44-40(42)43)48-31(54)19-46-30(53)10-14-66-67-15-11-33(56)57/h1-2,6-7,18,25-29,45,65H,3-5,8-17,19-21H2,(H2,41,60)(H,46,53)(H,47,61)(H,48,54)(H,49,55)(H,50,62)(H,51,63)(H,56,57)(H,58,59)(H4,42,43,44)/t25-,26-,27-,28-,29-/m0/s1. The van der Waals surface area contributed by atoms with Gasteiger partial charge in [0.25, 0.3) is 0 Å². The number of aliphatic carboxylic acids is 2. The number of primary amides is 1. The molecule has 8 amide bonds. The molecule has 24 nitrogen and oxygen atoms in total. The van der Waals surface area contributed by atoms with Crippen molar-refractivity contribution in [3.8, 4) is 0 Å². The molecule has 0 saturated carbocycles. The number of unbranched alkanes of at least 4 members (excludes halogenated alkanes) is 1. The summed E-state index contributed by atoms with van der Waals surface area (Å²) in [4.78, 5) is 136. The molecule has 0 radical (unpaired) electrons. The third-order valence-electron chi connectivity index (χ3n) is 10.0. The third-order valence-corrected chi connectivity index (χ3v) is 12.8. The Morgan fingerprint density at radius 3 is 2.12 bits per heavy atom. The van der Waals surface area contributed by atoms with Gasteiger partial charge in [0.05, 0.1) is 25.9 Å². The number of carbonyl (C=O) groups excluding carboxylic acids is 8. The first-order valence-electron chi connectivity index (χ1n) is 21.1. The van der Waals surface area contributed by atoms with Crippen molar-refractivity contribution in [2.45, 2.75) is 88.0 Å². The van der Waals surface area contributed by atoms with Crippen LogP contribution in [-0.4, -0.2) is 159 Å². The van der Waals surface area contributed by atoms with E-state index in [9.17, 15) is 53.1 Å². The van der Waals surface area contributed by atoms with Crippen LogP contribution < -0.4 is 49.1 Å². The Bertz CT molecular complexity index is 2120. The number of carbonyl (C=O) groups is 10. The predicted octanol–water partition coefficient (Wildman–Crippen LogP) is -2.55. The highest BCUT2D eigenvalue weighted by molar-refractivity contribution is 8.76. The maximum Gasteiger partial charge on any atom is 0.305 e. The zero-order valence-electron chi connectivity index (χ0n) is 36.5. The highest BCUT2D eigenvalue weighted by Crippen LogP contribution is 2.24. The van der Waals surface area contributed by atoms with Crippen LogP contribution >= 0.6 is 34.2 Å². The van der Waals surface area contributed by atoms with Gasteiger partial charge in [-0.1, -0.05) is 39.8 Å². The number of para-hydroxylation sites is 1. The van der Waals surface area contributed by atoms with Crippen LogP contribution in [0.1, 0.15) is 56.9 Å². The van der Waals surface area contributed by atoms with Gasteiger partial charge in [-0.25, -0.2) is 0 Å². The zero-order valence-corrected chi connectivity index (χ0v) is 39.0. The number of hydrogen-bond donors (Lipinski definition) is 13. The number of aliphatic imine (C=N–C) groups is 1. The summed E-state index contributed by atoms with van der Waals surface area (Å²) in [6, 6.07) is 0.624. The van der Waals surface area contributed by atoms with Crippen LogP contribution in [0.3, 0.4) is 0 Å². The molecule has 0 aliphatic carbocycles. The number of aromatic nitrogens is 1. The number of carboxylic acid groups (broad SMARTS) is 2. The lowest BCUT2D eigenvalue weighted by molar-refractivity contribution is -0.143. The minimum absolute atomic E-state index is 0.0247. The first-order chi connectivity index (χ1) is 31.9. The van der Waals surface area contributed by atoms with E-state index in [2.05, 4.69) is 54.5 Å². The third kappa shape index (κ3) is 19.6. The summed E-state index contributed by atoms with van der Waals surface area (Å²) in [5.74, 6) is -8.19. The monoisotopic (exact) mass is 994 g/mol. The van der Waals surface area contributed by atoms with Gasteiger partial charge >= 0.3 is 11.9 Å². The van der Waals surface area contributed by atoms with E-state index in [4.69, 9.17) is 22.3 Å². The molecule has 67 heavy (non-hydrogen) atoms. The molecule has 27 heteroatoms. The lowest BCUT2D eigenvalue weighted by Gasteiger charge is -2.30. The van der Waals surface area contributed by atoms with Crippen molar-refractivity contribution in [2.75, 3.05) is 43.4 Å². The average molecular weight is 995 g/mol. The molecule has 1 aliphatic heterocycles. The minimum atomic E-state index is -1.76. The summed E-state index contributed by atoms with van der Waals surface area (Å²) in [7, 11) is 2.60. The van der Waals surface area contributed by atoms with Crippen LogP contribution in [0.2, 0.25) is 0 Å². The summed E-state index contributed by atoms with van der Waals surface area (Å²) in [6.45, 7) is -0.930. The molecule has 5 atom stereocenters. The van der Waals surface area contributed by atoms with Gasteiger partial charge in [-0.15, -0.1) is 0 Å². The number of amides is 8. The molecule has 1 fully saturated rings. The Morgan fingerprint density at radius 2 is 1.46 bits per heavy atom. The van der Waals surface area contributed by atoms with E-state index in [1.165, 1.54) is 26.5 Å². The number of likely N-dealkylation sites (tertiary alicyclic amines) is 1. The number of nitrogens with two attached hydrogens (primary N) is 3. The van der Waals surface area contributed by atoms with Crippen molar-refractivity contribution >= 4 is 110 Å². The van der Waals surface area contributed by atoms with Crippen molar-refractivity contribution in [1.29, 1.82) is 0 Å². The van der Waals surface area contributed by atoms with Crippen LogP contribution in [0.5, 0.6) is 0 Å². The van der Waals surface area contributed by atoms with Gasteiger partial charge < -0.3 is 69.2 Å². The molecule has 2 heterocycles. The van der Waals surface area contributed by atoms with Gasteiger partial charge in [0.2, 0.25) is 47.3 Å². The molecule has 0 spiro atoms. The van der Waals surface area contributed by atoms with Gasteiger partial charge in [0.15, 0.2) is 5.96 Å². The minimum Gasteiger partial charge on any atom is -0.481 e. The van der Waals surface area contributed by atoms with Crippen LogP contribution in [0.25, 0.3) is 10.9 Å². The number of aromatic amines is 1. The maximum atomic E-state index is 14.3. The van der Waals surface area contributed by atoms with E-state index < -0.39 is 109 Å². The molecule has 2 aromatic rings. The number of rotatable bonds is 30. The first kappa shape index (κ1) is 55.1. The molecule has 368 valence electrons. The molecule has 1 saturated heterocycles. The van der Waals surface area contributed by atoms with E-state index in [1.807, 2.05) is 0 Å². The Morgan fingerprint density at radius 1 is 0.791 bits per heavy atom. The highest BCUT2D eigenvalue weighted by atomic mass is 33.1. The molecule has 1 aliphatic rings. The second-order valence-electron chi connectivity index (χ2n) is 15.1. The molecule has 0 unspecified atom stereocenters. The number of nitrogens with one attached hydrogen (secondary N) is 7.